The molecule has 0 aliphatic rings. The van der Waals surface area contributed by atoms with E-state index in [2.05, 4.69) is 36.5 Å². The fourth-order valence-electron chi connectivity index (χ4n) is 1.61. The Morgan fingerprint density at radius 2 is 2.31 bits per heavy atom. The highest BCUT2D eigenvalue weighted by molar-refractivity contribution is 7.13. The molecule has 0 spiro atoms. The summed E-state index contributed by atoms with van der Waals surface area (Å²) in [7, 11) is 0. The van der Waals surface area contributed by atoms with E-state index >= 15 is 0 Å². The fourth-order valence-corrected chi connectivity index (χ4v) is 2.59. The SMILES string of the molecule is CCNC(C)(C)c1csc(-c2ccoc2)n1. The Kier molecular flexibility index (Phi) is 3.12. The summed E-state index contributed by atoms with van der Waals surface area (Å²) in [6.45, 7) is 7.33. The summed E-state index contributed by atoms with van der Waals surface area (Å²) in [5, 5.41) is 6.53. The molecule has 0 fully saturated rings. The number of hydrogen-bond acceptors (Lipinski definition) is 4. The van der Waals surface area contributed by atoms with Crippen LogP contribution in [0.1, 0.15) is 26.5 Å². The van der Waals surface area contributed by atoms with E-state index in [0.717, 1.165) is 22.8 Å². The lowest BCUT2D eigenvalue weighted by atomic mass is 10.0. The van der Waals surface area contributed by atoms with E-state index in [4.69, 9.17) is 4.42 Å². The third kappa shape index (κ3) is 2.18. The predicted molar refractivity (Wildman–Crippen MR) is 66.5 cm³/mol. The molecule has 0 bridgehead atoms. The van der Waals surface area contributed by atoms with Crippen molar-refractivity contribution in [1.29, 1.82) is 0 Å². The zero-order valence-electron chi connectivity index (χ0n) is 9.78. The van der Waals surface area contributed by atoms with Crippen molar-refractivity contribution in [2.45, 2.75) is 26.3 Å². The van der Waals surface area contributed by atoms with Crippen LogP contribution in [0.3, 0.4) is 0 Å². The number of nitrogens with zero attached hydrogens (tertiary/aromatic N) is 1. The molecule has 0 amide bonds. The number of hydrogen-bond donors (Lipinski definition) is 1. The molecule has 0 aliphatic heterocycles. The van der Waals surface area contributed by atoms with Crippen LogP contribution in [0.25, 0.3) is 10.6 Å². The van der Waals surface area contributed by atoms with Gasteiger partial charge in [-0.2, -0.15) is 0 Å². The van der Waals surface area contributed by atoms with E-state index in [9.17, 15) is 0 Å². The molecule has 2 aromatic heterocycles. The maximum absolute atomic E-state index is 5.06. The van der Waals surface area contributed by atoms with Crippen LogP contribution in [0.4, 0.5) is 0 Å². The van der Waals surface area contributed by atoms with Crippen LogP contribution in [-0.2, 0) is 5.54 Å². The minimum Gasteiger partial charge on any atom is -0.472 e. The highest BCUT2D eigenvalue weighted by Gasteiger charge is 2.22. The van der Waals surface area contributed by atoms with Crippen molar-refractivity contribution in [3.8, 4) is 10.6 Å². The molecule has 2 rings (SSSR count). The summed E-state index contributed by atoms with van der Waals surface area (Å²) in [4.78, 5) is 4.64. The highest BCUT2D eigenvalue weighted by Crippen LogP contribution is 2.28. The second kappa shape index (κ2) is 4.39. The average molecular weight is 236 g/mol. The van der Waals surface area contributed by atoms with Crippen LogP contribution in [-0.4, -0.2) is 11.5 Å². The summed E-state index contributed by atoms with van der Waals surface area (Å²) >= 11 is 1.65. The lowest BCUT2D eigenvalue weighted by Gasteiger charge is -2.23. The van der Waals surface area contributed by atoms with Crippen LogP contribution in [0.2, 0.25) is 0 Å². The maximum Gasteiger partial charge on any atom is 0.126 e. The van der Waals surface area contributed by atoms with E-state index in [1.54, 1.807) is 23.9 Å². The van der Waals surface area contributed by atoms with Gasteiger partial charge in [0.1, 0.15) is 11.3 Å². The zero-order valence-corrected chi connectivity index (χ0v) is 10.6. The molecule has 0 aliphatic carbocycles. The topological polar surface area (TPSA) is 38.1 Å². The van der Waals surface area contributed by atoms with Crippen LogP contribution >= 0.6 is 11.3 Å². The van der Waals surface area contributed by atoms with Crippen LogP contribution in [0.15, 0.2) is 28.4 Å². The molecule has 2 heterocycles. The average Bonchev–Trinajstić information content (AvgIpc) is 2.89. The van der Waals surface area contributed by atoms with E-state index in [1.165, 1.54) is 0 Å². The predicted octanol–water partition coefficient (Wildman–Crippen LogP) is 3.25. The van der Waals surface area contributed by atoms with Gasteiger partial charge in [0.2, 0.25) is 0 Å². The number of nitrogens with one attached hydrogen (secondary N) is 1. The van der Waals surface area contributed by atoms with Crippen molar-refractivity contribution < 1.29 is 4.42 Å². The van der Waals surface area contributed by atoms with Gasteiger partial charge in [0.15, 0.2) is 0 Å². The van der Waals surface area contributed by atoms with Crippen molar-refractivity contribution in [3.63, 3.8) is 0 Å². The summed E-state index contributed by atoms with van der Waals surface area (Å²) in [6, 6.07) is 1.93. The first-order chi connectivity index (χ1) is 7.63. The molecule has 0 atom stereocenters. The monoisotopic (exact) mass is 236 g/mol. The Morgan fingerprint density at radius 3 is 2.94 bits per heavy atom. The Hall–Kier alpha value is -1.13. The maximum atomic E-state index is 5.06. The molecule has 0 aromatic carbocycles. The molecule has 0 radical (unpaired) electrons. The number of thiazole rings is 1. The van der Waals surface area contributed by atoms with Gasteiger partial charge in [-0.05, 0) is 26.5 Å². The van der Waals surface area contributed by atoms with Crippen molar-refractivity contribution in [2.24, 2.45) is 0 Å². The third-order valence-electron chi connectivity index (χ3n) is 2.53. The van der Waals surface area contributed by atoms with Crippen LogP contribution < -0.4 is 5.32 Å². The Balaban J connectivity index is 2.26. The normalized spacial score (nSPS) is 11.9. The molecule has 86 valence electrons. The van der Waals surface area contributed by atoms with Gasteiger partial charge in [-0.15, -0.1) is 11.3 Å². The van der Waals surface area contributed by atoms with Gasteiger partial charge in [-0.1, -0.05) is 6.92 Å². The molecule has 16 heavy (non-hydrogen) atoms. The molecular formula is C12H16N2OS. The van der Waals surface area contributed by atoms with E-state index in [1.807, 2.05) is 6.07 Å². The first-order valence-electron chi connectivity index (χ1n) is 5.37. The fraction of sp³-hybridized carbons (Fsp3) is 0.417. The second-order valence-electron chi connectivity index (χ2n) is 4.21. The Labute approximate surface area is 99.5 Å². The van der Waals surface area contributed by atoms with Crippen molar-refractivity contribution in [1.82, 2.24) is 10.3 Å². The molecule has 0 saturated carbocycles. The van der Waals surface area contributed by atoms with Crippen molar-refractivity contribution >= 4 is 11.3 Å². The summed E-state index contributed by atoms with van der Waals surface area (Å²) < 4.78 is 5.06. The lowest BCUT2D eigenvalue weighted by molar-refractivity contribution is 0.406. The van der Waals surface area contributed by atoms with Gasteiger partial charge in [-0.3, -0.25) is 0 Å². The molecule has 3 nitrogen and oxygen atoms in total. The summed E-state index contributed by atoms with van der Waals surface area (Å²) in [5.41, 5.74) is 2.05. The molecule has 1 N–H and O–H groups in total. The van der Waals surface area contributed by atoms with Crippen LogP contribution in [0, 0.1) is 0 Å². The second-order valence-corrected chi connectivity index (χ2v) is 5.06. The van der Waals surface area contributed by atoms with Gasteiger partial charge in [0, 0.05) is 10.9 Å². The number of furan rings is 1. The molecule has 0 unspecified atom stereocenters. The third-order valence-corrected chi connectivity index (χ3v) is 3.42. The molecule has 2 aromatic rings. The quantitative estimate of drug-likeness (QED) is 0.885. The first-order valence-corrected chi connectivity index (χ1v) is 6.25. The lowest BCUT2D eigenvalue weighted by Crippen LogP contribution is -2.36. The van der Waals surface area contributed by atoms with Crippen molar-refractivity contribution in [2.75, 3.05) is 6.54 Å². The number of aromatic nitrogens is 1. The Bertz CT molecular complexity index is 445. The van der Waals surface area contributed by atoms with Crippen LogP contribution in [0.5, 0.6) is 0 Å². The van der Waals surface area contributed by atoms with Gasteiger partial charge in [0.25, 0.3) is 0 Å². The minimum atomic E-state index is -0.0762. The minimum absolute atomic E-state index is 0.0762. The van der Waals surface area contributed by atoms with Gasteiger partial charge in [0.05, 0.1) is 17.5 Å². The summed E-state index contributed by atoms with van der Waals surface area (Å²) in [5.74, 6) is 0. The van der Waals surface area contributed by atoms with Gasteiger partial charge >= 0.3 is 0 Å². The Morgan fingerprint density at radius 1 is 1.50 bits per heavy atom. The largest absolute Gasteiger partial charge is 0.472 e. The van der Waals surface area contributed by atoms with Gasteiger partial charge in [-0.25, -0.2) is 4.98 Å². The zero-order chi connectivity index (χ0) is 11.6. The van der Waals surface area contributed by atoms with E-state index < -0.39 is 0 Å². The van der Waals surface area contributed by atoms with Gasteiger partial charge < -0.3 is 9.73 Å². The first kappa shape index (κ1) is 11.4. The molecule has 4 heteroatoms. The standard InChI is InChI=1S/C12H16N2OS/c1-4-13-12(2,3)10-8-16-11(14-10)9-5-6-15-7-9/h5-8,13H,4H2,1-3H3. The highest BCUT2D eigenvalue weighted by atomic mass is 32.1. The van der Waals surface area contributed by atoms with Crippen molar-refractivity contribution in [3.05, 3.63) is 29.7 Å². The molecule has 0 saturated heterocycles. The van der Waals surface area contributed by atoms with E-state index in [-0.39, 0.29) is 5.54 Å². The number of rotatable bonds is 4. The summed E-state index contributed by atoms with van der Waals surface area (Å²) in [6.07, 6.45) is 3.40. The molecular weight excluding hydrogens is 220 g/mol. The van der Waals surface area contributed by atoms with E-state index in [0.29, 0.717) is 0 Å². The smallest absolute Gasteiger partial charge is 0.126 e.